The molecule has 0 rings (SSSR count). The third-order valence-electron chi connectivity index (χ3n) is 0. The molecular weight excluding hydrogens is 126 g/mol. The fourth-order valence-corrected chi connectivity index (χ4v) is 0. The first kappa shape index (κ1) is 59.2. The monoisotopic (exact) mass is 138 g/mol. The van der Waals surface area contributed by atoms with Gasteiger partial charge >= 0.3 is 103 Å². The van der Waals surface area contributed by atoms with Crippen molar-refractivity contribution in [2.45, 2.75) is 0 Å². The van der Waals surface area contributed by atoms with E-state index in [4.69, 9.17) is 0 Å². The molecule has 0 amide bonds. The molecule has 0 saturated heterocycles. The van der Waals surface area contributed by atoms with E-state index in [2.05, 4.69) is 0 Å². The normalized spacial score (nSPS) is 0. The van der Waals surface area contributed by atoms with E-state index in [0.717, 1.165) is 0 Å². The summed E-state index contributed by atoms with van der Waals surface area (Å²) in [5, 5.41) is 0. The van der Waals surface area contributed by atoms with E-state index >= 15 is 0 Å². The van der Waals surface area contributed by atoms with Crippen LogP contribution in [0.1, 0.15) is 0 Å². The van der Waals surface area contributed by atoms with Gasteiger partial charge in [-0.3, -0.25) is 0 Å². The van der Waals surface area contributed by atoms with Crippen molar-refractivity contribution in [3.63, 3.8) is 0 Å². The van der Waals surface area contributed by atoms with E-state index in [-0.39, 0.29) is 132 Å². The van der Waals surface area contributed by atoms with Gasteiger partial charge in [-0.05, 0) is 0 Å². The quantitative estimate of drug-likeness (QED) is 0.235. The first-order valence-corrected chi connectivity index (χ1v) is 0. The molecule has 0 atom stereocenters. The smallest absolute Gasteiger partial charge is 0.358 e. The van der Waals surface area contributed by atoms with E-state index < -0.39 is 0 Å². The number of rotatable bonds is 0. The summed E-state index contributed by atoms with van der Waals surface area (Å²) in [6, 6.07) is 0. The maximum atomic E-state index is 0. The standard InChI is InChI=1S/4CH3.2K/h4*1H3;;/q4*-1;2*+1. The summed E-state index contributed by atoms with van der Waals surface area (Å²) < 4.78 is 0. The van der Waals surface area contributed by atoms with Crippen LogP contribution in [0.25, 0.3) is 0 Å². The number of hydrogen-bond donors (Lipinski definition) is 0. The fourth-order valence-electron chi connectivity index (χ4n) is 0. The Labute approximate surface area is 129 Å². The summed E-state index contributed by atoms with van der Waals surface area (Å²) in [4.78, 5) is 0. The minimum atomic E-state index is 0. The predicted molar refractivity (Wildman–Crippen MR) is 25.7 cm³/mol. The molecule has 0 aromatic carbocycles. The molecule has 0 spiro atoms. The number of hydrogen-bond acceptors (Lipinski definition) is 0. The van der Waals surface area contributed by atoms with Crippen LogP contribution in [-0.2, 0) is 0 Å². The SMILES string of the molecule is [CH3-].[CH3-].[CH3-].[CH3-].[K+].[K+]. The molecule has 0 saturated carbocycles. The Balaban J connectivity index is 0. The average Bonchev–Trinajstić information content (AvgIpc) is 0. The zero-order chi connectivity index (χ0) is 0. The van der Waals surface area contributed by atoms with Crippen molar-refractivity contribution in [2.75, 3.05) is 0 Å². The van der Waals surface area contributed by atoms with Gasteiger partial charge in [-0.15, -0.1) is 0 Å². The van der Waals surface area contributed by atoms with Crippen molar-refractivity contribution < 1.29 is 103 Å². The van der Waals surface area contributed by atoms with Crippen LogP contribution in [0.3, 0.4) is 0 Å². The van der Waals surface area contributed by atoms with E-state index in [1.54, 1.807) is 0 Å². The van der Waals surface area contributed by atoms with Crippen molar-refractivity contribution in [1.29, 1.82) is 0 Å². The van der Waals surface area contributed by atoms with Crippen LogP contribution in [0.4, 0.5) is 0 Å². The van der Waals surface area contributed by atoms with Gasteiger partial charge in [0.15, 0.2) is 0 Å². The van der Waals surface area contributed by atoms with Gasteiger partial charge in [0.2, 0.25) is 0 Å². The topological polar surface area (TPSA) is 0 Å². The summed E-state index contributed by atoms with van der Waals surface area (Å²) in [7, 11) is 0. The predicted octanol–water partition coefficient (Wildman–Crippen LogP) is -4.19. The Hall–Kier alpha value is 3.27. The van der Waals surface area contributed by atoms with Gasteiger partial charge in [-0.1, -0.05) is 0 Å². The van der Waals surface area contributed by atoms with Gasteiger partial charge in [-0.25, -0.2) is 0 Å². The van der Waals surface area contributed by atoms with Gasteiger partial charge in [0.1, 0.15) is 0 Å². The Morgan fingerprint density at radius 3 is 0.333 bits per heavy atom. The average molecular weight is 138 g/mol. The van der Waals surface area contributed by atoms with Crippen molar-refractivity contribution in [3.8, 4) is 0 Å². The summed E-state index contributed by atoms with van der Waals surface area (Å²) in [5.41, 5.74) is 0. The van der Waals surface area contributed by atoms with E-state index in [0.29, 0.717) is 0 Å². The first-order chi connectivity index (χ1) is 0. The molecule has 0 aromatic heterocycles. The molecular formula is C4H12K2-2. The molecule has 0 nitrogen and oxygen atoms in total. The molecule has 0 aliphatic rings. The molecule has 32 valence electrons. The molecule has 0 N–H and O–H groups in total. The molecule has 0 radical (unpaired) electrons. The summed E-state index contributed by atoms with van der Waals surface area (Å²) in [6.07, 6.45) is 0. The van der Waals surface area contributed by atoms with Crippen LogP contribution in [0.5, 0.6) is 0 Å². The molecule has 0 bridgehead atoms. The zero-order valence-corrected chi connectivity index (χ0v) is 12.2. The van der Waals surface area contributed by atoms with Crippen LogP contribution >= 0.6 is 0 Å². The minimum Gasteiger partial charge on any atom is -0.358 e. The summed E-state index contributed by atoms with van der Waals surface area (Å²) >= 11 is 0. The van der Waals surface area contributed by atoms with Crippen molar-refractivity contribution in [2.24, 2.45) is 0 Å². The Kier molecular flexibility index (Phi) is 403. The first-order valence-electron chi connectivity index (χ1n) is 0. The summed E-state index contributed by atoms with van der Waals surface area (Å²) in [6.45, 7) is 0. The molecule has 2 heteroatoms. The maximum Gasteiger partial charge on any atom is 1.00 e. The zero-order valence-electron chi connectivity index (χ0n) is 6.00. The second-order valence-electron chi connectivity index (χ2n) is 0. The molecule has 0 aromatic rings. The largest absolute Gasteiger partial charge is 1.00 e. The summed E-state index contributed by atoms with van der Waals surface area (Å²) in [5.74, 6) is 0. The van der Waals surface area contributed by atoms with Gasteiger partial charge in [0.25, 0.3) is 0 Å². The molecule has 6 heavy (non-hydrogen) atoms. The van der Waals surface area contributed by atoms with Crippen molar-refractivity contribution in [1.82, 2.24) is 0 Å². The maximum absolute atomic E-state index is 0. The van der Waals surface area contributed by atoms with Crippen LogP contribution < -0.4 is 103 Å². The molecule has 0 heterocycles. The fraction of sp³-hybridized carbons (Fsp3) is 0. The van der Waals surface area contributed by atoms with Gasteiger partial charge in [0, 0.05) is 0 Å². The minimum absolute atomic E-state index is 0. The van der Waals surface area contributed by atoms with Gasteiger partial charge in [0.05, 0.1) is 0 Å². The van der Waals surface area contributed by atoms with E-state index in [9.17, 15) is 0 Å². The van der Waals surface area contributed by atoms with E-state index in [1.165, 1.54) is 0 Å². The van der Waals surface area contributed by atoms with E-state index in [1.807, 2.05) is 0 Å². The van der Waals surface area contributed by atoms with Crippen LogP contribution in [0.15, 0.2) is 0 Å². The third-order valence-corrected chi connectivity index (χ3v) is 0. The van der Waals surface area contributed by atoms with Gasteiger partial charge < -0.3 is 29.7 Å². The Morgan fingerprint density at radius 1 is 0.333 bits per heavy atom. The van der Waals surface area contributed by atoms with Crippen molar-refractivity contribution >= 4 is 0 Å². The second kappa shape index (κ2) is 40.9. The van der Waals surface area contributed by atoms with Crippen LogP contribution in [-0.4, -0.2) is 0 Å². The molecule has 0 aliphatic carbocycles. The molecule has 0 unspecified atom stereocenters. The second-order valence-corrected chi connectivity index (χ2v) is 0. The molecule has 0 aliphatic heterocycles. The Morgan fingerprint density at radius 2 is 0.333 bits per heavy atom. The molecule has 0 fully saturated rings. The van der Waals surface area contributed by atoms with Crippen LogP contribution in [0.2, 0.25) is 0 Å². The van der Waals surface area contributed by atoms with Gasteiger partial charge in [-0.2, -0.15) is 0 Å². The van der Waals surface area contributed by atoms with Crippen LogP contribution in [0, 0.1) is 29.7 Å². The third kappa shape index (κ3) is 26.7. The Bertz CT molecular complexity index is 5.51. The van der Waals surface area contributed by atoms with Crippen molar-refractivity contribution in [3.05, 3.63) is 29.7 Å².